The smallest absolute Gasteiger partial charge is 0.358 e. The van der Waals surface area contributed by atoms with Crippen molar-refractivity contribution in [3.8, 4) is 16.9 Å². The maximum atomic E-state index is 14.1. The average molecular weight is 1090 g/mol. The molecule has 11 rings (SSSR count). The molecule has 1 atom stereocenters. The van der Waals surface area contributed by atoms with Crippen molar-refractivity contribution in [2.24, 2.45) is 13.0 Å². The fourth-order valence-electron chi connectivity index (χ4n) is 11.8. The number of pyridine rings is 1. The van der Waals surface area contributed by atoms with Gasteiger partial charge in [-0.2, -0.15) is 5.10 Å². The van der Waals surface area contributed by atoms with E-state index in [1.807, 2.05) is 123 Å². The number of piperidine rings is 2. The van der Waals surface area contributed by atoms with Gasteiger partial charge < -0.3 is 24.2 Å². The number of carbonyl (C=O) groups excluding carboxylic acids is 5. The molecule has 4 aliphatic rings. The molecule has 3 fully saturated rings. The summed E-state index contributed by atoms with van der Waals surface area (Å²) in [7, 11) is 1.90. The number of esters is 1. The van der Waals surface area contributed by atoms with E-state index in [0.717, 1.165) is 93.6 Å². The van der Waals surface area contributed by atoms with Gasteiger partial charge in [-0.25, -0.2) is 14.8 Å². The van der Waals surface area contributed by atoms with Gasteiger partial charge in [0.15, 0.2) is 10.8 Å². The number of likely N-dealkylation sites (tertiary alicyclic amines) is 1. The molecule has 4 aromatic carbocycles. The van der Waals surface area contributed by atoms with Crippen molar-refractivity contribution in [2.45, 2.75) is 90.7 Å². The zero-order valence-electron chi connectivity index (χ0n) is 45.7. The Labute approximate surface area is 464 Å². The number of ether oxygens (including phenoxy) is 2. The predicted molar refractivity (Wildman–Crippen MR) is 307 cm³/mol. The summed E-state index contributed by atoms with van der Waals surface area (Å²) in [5.74, 6) is 0.365. The van der Waals surface area contributed by atoms with Gasteiger partial charge in [0.05, 0.1) is 46.2 Å². The van der Waals surface area contributed by atoms with Crippen molar-refractivity contribution in [1.82, 2.24) is 34.9 Å². The van der Waals surface area contributed by atoms with E-state index in [2.05, 4.69) is 42.5 Å². The lowest BCUT2D eigenvalue weighted by atomic mass is 9.92. The van der Waals surface area contributed by atoms with E-state index < -0.39 is 17.5 Å². The summed E-state index contributed by atoms with van der Waals surface area (Å²) in [5, 5.41) is 11.7. The number of hydrogen-bond acceptors (Lipinski definition) is 14. The van der Waals surface area contributed by atoms with E-state index in [-0.39, 0.29) is 29.3 Å². The first-order valence-electron chi connectivity index (χ1n) is 27.7. The summed E-state index contributed by atoms with van der Waals surface area (Å²) in [6.45, 7) is 14.1. The van der Waals surface area contributed by atoms with Crippen molar-refractivity contribution in [3.63, 3.8) is 0 Å². The second-order valence-corrected chi connectivity index (χ2v) is 23.3. The Balaban J connectivity index is 0.673. The van der Waals surface area contributed by atoms with Gasteiger partial charge in [0, 0.05) is 69.3 Å². The maximum Gasteiger partial charge on any atom is 0.358 e. The summed E-state index contributed by atoms with van der Waals surface area (Å²) < 4.78 is 15.3. The summed E-state index contributed by atoms with van der Waals surface area (Å²) in [6, 6.07) is 29.6. The molecule has 0 radical (unpaired) electrons. The normalized spacial score (nSPS) is 17.5. The number of aryl methyl sites for hydroxylation is 1. The number of carbonyl (C=O) groups is 5. The number of benzene rings is 4. The minimum Gasteiger partial charge on any atom is -0.493 e. The minimum atomic E-state index is -0.748. The average Bonchev–Trinajstić information content (AvgIpc) is 4.29. The third-order valence-corrected chi connectivity index (χ3v) is 16.8. The number of imide groups is 1. The minimum absolute atomic E-state index is 0.166. The van der Waals surface area contributed by atoms with Gasteiger partial charge in [-0.15, -0.1) is 0 Å². The SMILES string of the molecule is Cc1c(OCCCC2CCN(CC(=O)N3CCN(c4cccc5c(C6CCC(=O)NC6=O)nn(C)c45)CC3)CC2)cccc1-c1ccc(N2CCc3cccc(C(=O)Nc4nc5ccccc5s4)c3C2)nc1C(=O)OC(C)(C)C. The van der Waals surface area contributed by atoms with Crippen LogP contribution in [0.1, 0.15) is 108 Å². The Bertz CT molecular complexity index is 3440. The number of nitrogens with zero attached hydrogens (tertiary/aromatic N) is 8. The molecule has 0 aliphatic carbocycles. The van der Waals surface area contributed by atoms with Gasteiger partial charge in [0.1, 0.15) is 17.2 Å². The van der Waals surface area contributed by atoms with Gasteiger partial charge in [-0.3, -0.25) is 39.4 Å². The van der Waals surface area contributed by atoms with Crippen LogP contribution < -0.4 is 25.2 Å². The zero-order valence-corrected chi connectivity index (χ0v) is 46.5. The molecule has 17 nitrogen and oxygen atoms in total. The lowest BCUT2D eigenvalue weighted by molar-refractivity contribution is -0.135. The number of para-hydroxylation sites is 2. The monoisotopic (exact) mass is 1080 g/mol. The Kier molecular flexibility index (Phi) is 15.2. The van der Waals surface area contributed by atoms with Gasteiger partial charge in [0.2, 0.25) is 17.7 Å². The second-order valence-electron chi connectivity index (χ2n) is 22.3. The summed E-state index contributed by atoms with van der Waals surface area (Å²) in [5.41, 5.74) is 8.00. The van der Waals surface area contributed by atoms with Gasteiger partial charge in [-0.05, 0) is 150 Å². The van der Waals surface area contributed by atoms with Crippen LogP contribution in [0.5, 0.6) is 5.75 Å². The van der Waals surface area contributed by atoms with Crippen molar-refractivity contribution in [3.05, 3.63) is 125 Å². The van der Waals surface area contributed by atoms with Crippen LogP contribution in [0.15, 0.2) is 91.0 Å². The Morgan fingerprint density at radius 2 is 1.59 bits per heavy atom. The number of nitrogens with one attached hydrogen (secondary N) is 2. The van der Waals surface area contributed by atoms with Crippen LogP contribution in [0, 0.1) is 12.8 Å². The highest BCUT2D eigenvalue weighted by atomic mass is 32.1. The Morgan fingerprint density at radius 1 is 0.810 bits per heavy atom. The highest BCUT2D eigenvalue weighted by Gasteiger charge is 2.34. The second kappa shape index (κ2) is 22.6. The van der Waals surface area contributed by atoms with Crippen LogP contribution in [0.4, 0.5) is 16.6 Å². The van der Waals surface area contributed by atoms with Crippen LogP contribution in [0.2, 0.25) is 0 Å². The van der Waals surface area contributed by atoms with E-state index in [1.165, 1.54) is 11.3 Å². The Hall–Kier alpha value is -7.70. The molecular weight excluding hydrogens is 1020 g/mol. The molecule has 1 unspecified atom stereocenters. The number of aromatic nitrogens is 4. The number of anilines is 3. The third-order valence-electron chi connectivity index (χ3n) is 15.9. The summed E-state index contributed by atoms with van der Waals surface area (Å²) in [6.07, 6.45) is 5.45. The fraction of sp³-hybridized carbons (Fsp3) is 0.410. The number of piperazine rings is 1. The van der Waals surface area contributed by atoms with Gasteiger partial charge in [-0.1, -0.05) is 59.9 Å². The van der Waals surface area contributed by atoms with E-state index in [4.69, 9.17) is 19.6 Å². The highest BCUT2D eigenvalue weighted by Crippen LogP contribution is 2.38. The zero-order chi connectivity index (χ0) is 55.0. The quantitative estimate of drug-likeness (QED) is 0.0598. The van der Waals surface area contributed by atoms with Crippen LogP contribution in [0.25, 0.3) is 32.2 Å². The molecule has 4 aliphatic heterocycles. The van der Waals surface area contributed by atoms with Crippen molar-refractivity contribution >= 4 is 78.7 Å². The van der Waals surface area contributed by atoms with Crippen LogP contribution in [-0.4, -0.2) is 124 Å². The predicted octanol–water partition coefficient (Wildman–Crippen LogP) is 9.06. The van der Waals surface area contributed by atoms with E-state index in [1.54, 1.807) is 0 Å². The molecule has 79 heavy (non-hydrogen) atoms. The molecule has 4 amide bonds. The molecule has 410 valence electrons. The fourth-order valence-corrected chi connectivity index (χ4v) is 12.6. The first-order valence-corrected chi connectivity index (χ1v) is 28.5. The van der Waals surface area contributed by atoms with Gasteiger partial charge >= 0.3 is 5.97 Å². The van der Waals surface area contributed by atoms with E-state index >= 15 is 0 Å². The molecule has 0 spiro atoms. The van der Waals surface area contributed by atoms with Crippen LogP contribution in [-0.2, 0) is 39.1 Å². The molecule has 0 bridgehead atoms. The molecule has 3 aromatic heterocycles. The highest BCUT2D eigenvalue weighted by molar-refractivity contribution is 7.22. The van der Waals surface area contributed by atoms with E-state index in [9.17, 15) is 24.0 Å². The maximum absolute atomic E-state index is 14.1. The molecule has 7 heterocycles. The molecule has 0 saturated carbocycles. The lowest BCUT2D eigenvalue weighted by Gasteiger charge is -2.38. The Morgan fingerprint density at radius 3 is 2.38 bits per heavy atom. The lowest BCUT2D eigenvalue weighted by Crippen LogP contribution is -2.52. The summed E-state index contributed by atoms with van der Waals surface area (Å²) >= 11 is 1.44. The van der Waals surface area contributed by atoms with Crippen molar-refractivity contribution < 1.29 is 33.4 Å². The summed E-state index contributed by atoms with van der Waals surface area (Å²) in [4.78, 5) is 84.4. The molecule has 18 heteroatoms. The molecule has 3 saturated heterocycles. The van der Waals surface area contributed by atoms with Crippen LogP contribution in [0.3, 0.4) is 0 Å². The standard InChI is InChI=1S/C61H68N10O7S/c1-38-41(42-21-23-51(63-55(42)59(76)78-61(2,3)4)71-30-27-40-13-8-15-43(46(40)36-71)57(74)65-60-62-47-17-6-7-20-50(47)79-60)14-10-19-49(38)77-35-11-12-39-25-28-68(29-26-39)37-53(73)70-33-31-69(32-34-70)48-18-9-16-44-54(66-67(5)56(44)48)45-22-24-52(72)64-58(45)75/h6-10,13-21,23,39,45H,11-12,22,24-37H2,1-5H3,(H,62,65,74)(H,64,72,75). The largest absolute Gasteiger partial charge is 0.493 e. The number of hydrogen-bond donors (Lipinski definition) is 2. The molecular formula is C61H68N10O7S. The number of rotatable bonds is 14. The first kappa shape index (κ1) is 53.3. The molecule has 7 aromatic rings. The van der Waals surface area contributed by atoms with E-state index in [0.29, 0.717) is 105 Å². The molecule has 2 N–H and O–H groups in total. The number of fused-ring (bicyclic) bond motifs is 3. The van der Waals surface area contributed by atoms with Crippen molar-refractivity contribution in [1.29, 1.82) is 0 Å². The third kappa shape index (κ3) is 11.6. The number of amides is 4. The van der Waals surface area contributed by atoms with Crippen molar-refractivity contribution in [2.75, 3.05) is 74.1 Å². The number of thiazole rings is 1. The van der Waals surface area contributed by atoms with Crippen LogP contribution >= 0.6 is 11.3 Å². The topological polar surface area (TPSA) is 184 Å². The van der Waals surface area contributed by atoms with Gasteiger partial charge in [0.25, 0.3) is 5.91 Å². The first-order chi connectivity index (χ1) is 38.1.